The maximum atomic E-state index is 12.9. The zero-order chi connectivity index (χ0) is 15.1. The third kappa shape index (κ3) is 4.46. The minimum atomic E-state index is -0.245. The molecule has 0 amide bonds. The Morgan fingerprint density at radius 3 is 2.33 bits per heavy atom. The van der Waals surface area contributed by atoms with Crippen LogP contribution in [-0.2, 0) is 13.2 Å². The van der Waals surface area contributed by atoms with Crippen LogP contribution in [0.25, 0.3) is 0 Å². The fourth-order valence-electron chi connectivity index (χ4n) is 2.00. The van der Waals surface area contributed by atoms with Gasteiger partial charge in [0.15, 0.2) is 11.5 Å². The molecule has 2 aromatic carbocycles. The highest BCUT2D eigenvalue weighted by Gasteiger charge is 2.07. The van der Waals surface area contributed by atoms with Gasteiger partial charge in [0, 0.05) is 6.54 Å². The largest absolute Gasteiger partial charge is 0.490 e. The number of halogens is 1. The molecule has 2 aromatic rings. The van der Waals surface area contributed by atoms with Crippen molar-refractivity contribution in [3.05, 3.63) is 59.4 Å². The zero-order valence-corrected chi connectivity index (χ0v) is 12.4. The van der Waals surface area contributed by atoms with Crippen LogP contribution in [-0.4, -0.2) is 13.7 Å². The lowest BCUT2D eigenvalue weighted by Gasteiger charge is -2.13. The first-order valence-electron chi connectivity index (χ1n) is 7.00. The van der Waals surface area contributed by atoms with Crippen LogP contribution in [0.2, 0.25) is 0 Å². The molecule has 1 N–H and O–H groups in total. The molecule has 0 unspecified atom stereocenters. The number of nitrogens with one attached hydrogen (secondary N) is 1. The Hall–Kier alpha value is -2.07. The van der Waals surface area contributed by atoms with E-state index in [0.717, 1.165) is 23.4 Å². The molecule has 112 valence electrons. The van der Waals surface area contributed by atoms with Gasteiger partial charge in [0.05, 0.1) is 6.61 Å². The molecule has 0 fully saturated rings. The molecule has 0 saturated heterocycles. The van der Waals surface area contributed by atoms with Crippen molar-refractivity contribution in [3.63, 3.8) is 0 Å². The van der Waals surface area contributed by atoms with Crippen molar-refractivity contribution < 1.29 is 13.9 Å². The van der Waals surface area contributed by atoms with Gasteiger partial charge >= 0.3 is 0 Å². The average molecular weight is 289 g/mol. The summed E-state index contributed by atoms with van der Waals surface area (Å²) in [4.78, 5) is 0. The number of ether oxygens (including phenoxy) is 2. The van der Waals surface area contributed by atoms with Gasteiger partial charge in [-0.25, -0.2) is 4.39 Å². The standard InChI is InChI=1S/C17H20FNO2/c1-3-20-17-10-14(11-19-2)6-9-16(17)21-12-13-4-7-15(18)8-5-13/h4-10,19H,3,11-12H2,1-2H3. The van der Waals surface area contributed by atoms with Crippen LogP contribution in [0, 0.1) is 5.82 Å². The minimum absolute atomic E-state index is 0.245. The summed E-state index contributed by atoms with van der Waals surface area (Å²) in [5, 5.41) is 3.10. The Bertz CT molecular complexity index is 570. The van der Waals surface area contributed by atoms with Crippen molar-refractivity contribution >= 4 is 0 Å². The highest BCUT2D eigenvalue weighted by Crippen LogP contribution is 2.29. The molecule has 4 heteroatoms. The van der Waals surface area contributed by atoms with Gasteiger partial charge < -0.3 is 14.8 Å². The van der Waals surface area contributed by atoms with E-state index in [1.165, 1.54) is 12.1 Å². The predicted molar refractivity (Wildman–Crippen MR) is 81.1 cm³/mol. The summed E-state index contributed by atoms with van der Waals surface area (Å²) in [6.45, 7) is 3.68. The molecule has 0 radical (unpaired) electrons. The van der Waals surface area contributed by atoms with Crippen LogP contribution >= 0.6 is 0 Å². The molecule has 2 rings (SSSR count). The summed E-state index contributed by atoms with van der Waals surface area (Å²) in [5.41, 5.74) is 2.05. The molecule has 0 aliphatic carbocycles. The quantitative estimate of drug-likeness (QED) is 0.846. The van der Waals surface area contributed by atoms with Gasteiger partial charge in [0.1, 0.15) is 12.4 Å². The van der Waals surface area contributed by atoms with E-state index in [-0.39, 0.29) is 5.82 Å². The molecule has 0 aliphatic rings. The van der Waals surface area contributed by atoms with Gasteiger partial charge in [0.2, 0.25) is 0 Å². The lowest BCUT2D eigenvalue weighted by atomic mass is 10.2. The zero-order valence-electron chi connectivity index (χ0n) is 12.4. The van der Waals surface area contributed by atoms with Crippen molar-refractivity contribution in [3.8, 4) is 11.5 Å². The van der Waals surface area contributed by atoms with Crippen LogP contribution in [0.3, 0.4) is 0 Å². The van der Waals surface area contributed by atoms with Gasteiger partial charge in [-0.2, -0.15) is 0 Å². The number of rotatable bonds is 7. The summed E-state index contributed by atoms with van der Waals surface area (Å²) in [6, 6.07) is 12.2. The Labute approximate surface area is 124 Å². The molecule has 0 saturated carbocycles. The highest BCUT2D eigenvalue weighted by molar-refractivity contribution is 5.43. The summed E-state index contributed by atoms with van der Waals surface area (Å²) >= 11 is 0. The molecule has 0 spiro atoms. The Morgan fingerprint density at radius 1 is 0.952 bits per heavy atom. The lowest BCUT2D eigenvalue weighted by Crippen LogP contribution is -2.06. The SMILES string of the molecule is CCOc1cc(CNC)ccc1OCc1ccc(F)cc1. The Morgan fingerprint density at radius 2 is 1.67 bits per heavy atom. The van der Waals surface area contributed by atoms with E-state index in [4.69, 9.17) is 9.47 Å². The maximum absolute atomic E-state index is 12.9. The summed E-state index contributed by atoms with van der Waals surface area (Å²) in [6.07, 6.45) is 0. The topological polar surface area (TPSA) is 30.5 Å². The van der Waals surface area contributed by atoms with Gasteiger partial charge in [-0.1, -0.05) is 18.2 Å². The molecule has 0 aromatic heterocycles. The number of hydrogen-bond donors (Lipinski definition) is 1. The van der Waals surface area contributed by atoms with E-state index in [1.54, 1.807) is 12.1 Å². The summed E-state index contributed by atoms with van der Waals surface area (Å²) in [5.74, 6) is 1.18. The summed E-state index contributed by atoms with van der Waals surface area (Å²) < 4.78 is 24.3. The first-order valence-corrected chi connectivity index (χ1v) is 7.00. The maximum Gasteiger partial charge on any atom is 0.161 e. The first kappa shape index (κ1) is 15.3. The Balaban J connectivity index is 2.09. The van der Waals surface area contributed by atoms with E-state index in [9.17, 15) is 4.39 Å². The fraction of sp³-hybridized carbons (Fsp3) is 0.294. The predicted octanol–water partition coefficient (Wildman–Crippen LogP) is 3.52. The second-order valence-corrected chi connectivity index (χ2v) is 4.66. The normalized spacial score (nSPS) is 10.4. The van der Waals surface area contributed by atoms with Gasteiger partial charge in [-0.15, -0.1) is 0 Å². The van der Waals surface area contributed by atoms with Crippen LogP contribution in [0.15, 0.2) is 42.5 Å². The molecular formula is C17H20FNO2. The van der Waals surface area contributed by atoms with Crippen molar-refractivity contribution in [2.45, 2.75) is 20.1 Å². The second-order valence-electron chi connectivity index (χ2n) is 4.66. The van der Waals surface area contributed by atoms with E-state index < -0.39 is 0 Å². The molecule has 21 heavy (non-hydrogen) atoms. The number of benzene rings is 2. The van der Waals surface area contributed by atoms with E-state index >= 15 is 0 Å². The molecular weight excluding hydrogens is 269 g/mol. The molecule has 0 aliphatic heterocycles. The van der Waals surface area contributed by atoms with Gasteiger partial charge in [-0.3, -0.25) is 0 Å². The minimum Gasteiger partial charge on any atom is -0.490 e. The molecule has 0 atom stereocenters. The first-order chi connectivity index (χ1) is 10.2. The molecule has 0 bridgehead atoms. The van der Waals surface area contributed by atoms with E-state index in [1.807, 2.05) is 32.2 Å². The summed E-state index contributed by atoms with van der Waals surface area (Å²) in [7, 11) is 1.90. The van der Waals surface area contributed by atoms with E-state index in [0.29, 0.717) is 19.0 Å². The van der Waals surface area contributed by atoms with Gasteiger partial charge in [0.25, 0.3) is 0 Å². The second kappa shape index (κ2) is 7.64. The van der Waals surface area contributed by atoms with Crippen LogP contribution < -0.4 is 14.8 Å². The Kier molecular flexibility index (Phi) is 5.58. The third-order valence-corrected chi connectivity index (χ3v) is 3.00. The highest BCUT2D eigenvalue weighted by atomic mass is 19.1. The van der Waals surface area contributed by atoms with Crippen LogP contribution in [0.1, 0.15) is 18.1 Å². The van der Waals surface area contributed by atoms with Crippen molar-refractivity contribution in [2.75, 3.05) is 13.7 Å². The molecule has 3 nitrogen and oxygen atoms in total. The average Bonchev–Trinajstić information content (AvgIpc) is 2.49. The van der Waals surface area contributed by atoms with Crippen LogP contribution in [0.5, 0.6) is 11.5 Å². The van der Waals surface area contributed by atoms with Crippen molar-refractivity contribution in [1.82, 2.24) is 5.32 Å². The molecule has 0 heterocycles. The van der Waals surface area contributed by atoms with Crippen molar-refractivity contribution in [1.29, 1.82) is 0 Å². The number of hydrogen-bond acceptors (Lipinski definition) is 3. The smallest absolute Gasteiger partial charge is 0.161 e. The van der Waals surface area contributed by atoms with E-state index in [2.05, 4.69) is 5.32 Å². The third-order valence-electron chi connectivity index (χ3n) is 3.00. The van der Waals surface area contributed by atoms with Gasteiger partial charge in [-0.05, 0) is 49.4 Å². The monoisotopic (exact) mass is 289 g/mol. The lowest BCUT2D eigenvalue weighted by molar-refractivity contribution is 0.269. The van der Waals surface area contributed by atoms with Crippen LogP contribution in [0.4, 0.5) is 4.39 Å². The van der Waals surface area contributed by atoms with Crippen molar-refractivity contribution in [2.24, 2.45) is 0 Å². The fourth-order valence-corrected chi connectivity index (χ4v) is 2.00.